The molecule has 0 heterocycles. The van der Waals surface area contributed by atoms with E-state index in [4.69, 9.17) is 18.9 Å². The Morgan fingerprint density at radius 3 is 2.33 bits per heavy atom. The van der Waals surface area contributed by atoms with E-state index in [1.807, 2.05) is 0 Å². The molecule has 7 nitrogen and oxygen atoms in total. The number of anilines is 1. The number of hydrogen-bond donors (Lipinski definition) is 1. The number of carbonyl (C=O) groups is 2. The quantitative estimate of drug-likeness (QED) is 0.509. The first-order valence-corrected chi connectivity index (χ1v) is 8.47. The molecule has 1 amide bonds. The van der Waals surface area contributed by atoms with Crippen LogP contribution < -0.4 is 19.5 Å². The van der Waals surface area contributed by atoms with Crippen molar-refractivity contribution in [1.82, 2.24) is 0 Å². The van der Waals surface area contributed by atoms with E-state index >= 15 is 0 Å². The van der Waals surface area contributed by atoms with E-state index in [-0.39, 0.29) is 13.0 Å². The molecule has 0 radical (unpaired) electrons. The largest absolute Gasteiger partial charge is 0.497 e. The van der Waals surface area contributed by atoms with Gasteiger partial charge in [-0.15, -0.1) is 0 Å². The van der Waals surface area contributed by atoms with Gasteiger partial charge in [0.2, 0.25) is 0 Å². The fraction of sp³-hybridized carbons (Fsp3) is 0.300. The number of ether oxygens (including phenoxy) is 4. The molecule has 0 aliphatic carbocycles. The first kappa shape index (κ1) is 20.1. The maximum absolute atomic E-state index is 11.9. The molecular weight excluding hydrogens is 350 g/mol. The summed E-state index contributed by atoms with van der Waals surface area (Å²) in [5.41, 5.74) is 0.522. The lowest BCUT2D eigenvalue weighted by Gasteiger charge is -2.10. The van der Waals surface area contributed by atoms with Crippen LogP contribution in [0.25, 0.3) is 0 Å². The van der Waals surface area contributed by atoms with Gasteiger partial charge in [0.25, 0.3) is 5.91 Å². The van der Waals surface area contributed by atoms with Gasteiger partial charge in [-0.1, -0.05) is 12.1 Å². The minimum absolute atomic E-state index is 0.165. The number of methoxy groups -OCH3 is 2. The highest BCUT2D eigenvalue weighted by atomic mass is 16.5. The van der Waals surface area contributed by atoms with E-state index in [1.54, 1.807) is 55.6 Å². The van der Waals surface area contributed by atoms with Crippen LogP contribution in [0.1, 0.15) is 12.8 Å². The molecule has 0 bridgehead atoms. The van der Waals surface area contributed by atoms with Crippen molar-refractivity contribution in [2.45, 2.75) is 12.8 Å². The summed E-state index contributed by atoms with van der Waals surface area (Å²) in [6, 6.07) is 14.2. The first-order valence-electron chi connectivity index (χ1n) is 8.47. The van der Waals surface area contributed by atoms with Gasteiger partial charge in [0.15, 0.2) is 6.61 Å². The lowest BCUT2D eigenvalue weighted by molar-refractivity contribution is -0.147. The number of nitrogens with one attached hydrogen (secondary N) is 1. The molecule has 2 rings (SSSR count). The Morgan fingerprint density at radius 1 is 0.926 bits per heavy atom. The Bertz CT molecular complexity index is 744. The van der Waals surface area contributed by atoms with Crippen LogP contribution in [-0.2, 0) is 14.3 Å². The van der Waals surface area contributed by atoms with Gasteiger partial charge in [-0.3, -0.25) is 9.59 Å². The second-order valence-electron chi connectivity index (χ2n) is 5.54. The number of benzene rings is 2. The fourth-order valence-electron chi connectivity index (χ4n) is 2.23. The molecular formula is C20H23NO6. The molecule has 0 atom stereocenters. The van der Waals surface area contributed by atoms with Crippen LogP contribution in [0.2, 0.25) is 0 Å². The van der Waals surface area contributed by atoms with Crippen LogP contribution in [0.4, 0.5) is 5.69 Å². The molecule has 27 heavy (non-hydrogen) atoms. The third-order valence-electron chi connectivity index (χ3n) is 3.60. The molecule has 0 aromatic heterocycles. The Labute approximate surface area is 158 Å². The third kappa shape index (κ3) is 6.89. The summed E-state index contributed by atoms with van der Waals surface area (Å²) in [7, 11) is 3.11. The number of carbonyl (C=O) groups excluding carboxylic acids is 2. The summed E-state index contributed by atoms with van der Waals surface area (Å²) in [5.74, 6) is 1.09. The van der Waals surface area contributed by atoms with Crippen LogP contribution in [0.5, 0.6) is 17.2 Å². The standard InChI is InChI=1S/C20H23NO6/c1-24-15-9-11-16(12-10-15)26-13-5-8-20(23)27-14-19(22)21-17-6-3-4-7-18(17)25-2/h3-4,6-7,9-12H,5,8,13-14H2,1-2H3,(H,21,22). The van der Waals surface area contributed by atoms with Crippen molar-refractivity contribution in [2.75, 3.05) is 32.8 Å². The summed E-state index contributed by atoms with van der Waals surface area (Å²) in [6.45, 7) is 0.0189. The third-order valence-corrected chi connectivity index (χ3v) is 3.60. The van der Waals surface area contributed by atoms with Crippen molar-refractivity contribution in [3.05, 3.63) is 48.5 Å². The van der Waals surface area contributed by atoms with Crippen LogP contribution in [0.3, 0.4) is 0 Å². The van der Waals surface area contributed by atoms with E-state index in [2.05, 4.69) is 5.32 Å². The van der Waals surface area contributed by atoms with E-state index in [1.165, 1.54) is 7.11 Å². The van der Waals surface area contributed by atoms with Crippen molar-refractivity contribution in [3.8, 4) is 17.2 Å². The minimum Gasteiger partial charge on any atom is -0.497 e. The van der Waals surface area contributed by atoms with Gasteiger partial charge in [0.05, 0.1) is 26.5 Å². The molecule has 1 N–H and O–H groups in total. The Balaban J connectivity index is 1.63. The number of amides is 1. The summed E-state index contributed by atoms with van der Waals surface area (Å²) in [6.07, 6.45) is 0.650. The normalized spacial score (nSPS) is 10.0. The monoisotopic (exact) mass is 373 g/mol. The summed E-state index contributed by atoms with van der Waals surface area (Å²) >= 11 is 0. The van der Waals surface area contributed by atoms with Gasteiger partial charge in [0, 0.05) is 6.42 Å². The summed E-state index contributed by atoms with van der Waals surface area (Å²) in [5, 5.41) is 2.64. The molecule has 0 aliphatic heterocycles. The molecule has 7 heteroatoms. The van der Waals surface area contributed by atoms with Crippen molar-refractivity contribution in [3.63, 3.8) is 0 Å². The van der Waals surface area contributed by atoms with Gasteiger partial charge in [-0.2, -0.15) is 0 Å². The highest BCUT2D eigenvalue weighted by Gasteiger charge is 2.10. The van der Waals surface area contributed by atoms with E-state index < -0.39 is 11.9 Å². The maximum atomic E-state index is 11.9. The first-order chi connectivity index (χ1) is 13.1. The summed E-state index contributed by atoms with van der Waals surface area (Å²) in [4.78, 5) is 23.6. The van der Waals surface area contributed by atoms with E-state index in [0.29, 0.717) is 30.2 Å². The van der Waals surface area contributed by atoms with Crippen molar-refractivity contribution >= 4 is 17.6 Å². The van der Waals surface area contributed by atoms with Gasteiger partial charge < -0.3 is 24.3 Å². The predicted molar refractivity (Wildman–Crippen MR) is 100 cm³/mol. The molecule has 0 aliphatic rings. The zero-order chi connectivity index (χ0) is 19.5. The number of para-hydroxylation sites is 2. The van der Waals surface area contributed by atoms with E-state index in [9.17, 15) is 9.59 Å². The van der Waals surface area contributed by atoms with Crippen LogP contribution in [-0.4, -0.2) is 39.3 Å². The smallest absolute Gasteiger partial charge is 0.306 e. The van der Waals surface area contributed by atoms with Crippen molar-refractivity contribution in [1.29, 1.82) is 0 Å². The average Bonchev–Trinajstić information content (AvgIpc) is 2.70. The zero-order valence-corrected chi connectivity index (χ0v) is 15.4. The van der Waals surface area contributed by atoms with Crippen molar-refractivity contribution < 1.29 is 28.5 Å². The Kier molecular flexibility index (Phi) is 7.96. The number of rotatable bonds is 10. The zero-order valence-electron chi connectivity index (χ0n) is 15.4. The highest BCUT2D eigenvalue weighted by molar-refractivity contribution is 5.94. The lowest BCUT2D eigenvalue weighted by atomic mass is 10.3. The van der Waals surface area contributed by atoms with Crippen LogP contribution in [0.15, 0.2) is 48.5 Å². The molecule has 2 aromatic rings. The highest BCUT2D eigenvalue weighted by Crippen LogP contribution is 2.22. The SMILES string of the molecule is COc1ccc(OCCCC(=O)OCC(=O)Nc2ccccc2OC)cc1. The van der Waals surface area contributed by atoms with Gasteiger partial charge >= 0.3 is 5.97 Å². The van der Waals surface area contributed by atoms with Crippen LogP contribution >= 0.6 is 0 Å². The van der Waals surface area contributed by atoms with Gasteiger partial charge in [0.1, 0.15) is 17.2 Å². The van der Waals surface area contributed by atoms with Gasteiger partial charge in [-0.25, -0.2) is 0 Å². The van der Waals surface area contributed by atoms with Crippen LogP contribution in [0, 0.1) is 0 Å². The van der Waals surface area contributed by atoms with Crippen molar-refractivity contribution in [2.24, 2.45) is 0 Å². The minimum atomic E-state index is -0.455. The topological polar surface area (TPSA) is 83.1 Å². The lowest BCUT2D eigenvalue weighted by Crippen LogP contribution is -2.21. The number of esters is 1. The molecule has 0 unspecified atom stereocenters. The molecule has 0 fully saturated rings. The van der Waals surface area contributed by atoms with Gasteiger partial charge in [-0.05, 0) is 42.8 Å². The Morgan fingerprint density at radius 2 is 1.63 bits per heavy atom. The fourth-order valence-corrected chi connectivity index (χ4v) is 2.23. The summed E-state index contributed by atoms with van der Waals surface area (Å²) < 4.78 is 20.7. The Hall–Kier alpha value is -3.22. The second-order valence-corrected chi connectivity index (χ2v) is 5.54. The van der Waals surface area contributed by atoms with E-state index in [0.717, 1.165) is 5.75 Å². The maximum Gasteiger partial charge on any atom is 0.306 e. The second kappa shape index (κ2) is 10.7. The molecule has 2 aromatic carbocycles. The molecule has 0 saturated carbocycles. The predicted octanol–water partition coefficient (Wildman–Crippen LogP) is 3.04. The number of hydrogen-bond acceptors (Lipinski definition) is 6. The average molecular weight is 373 g/mol. The molecule has 0 saturated heterocycles. The molecule has 144 valence electrons. The molecule has 0 spiro atoms.